The maximum Gasteiger partial charge on any atom is 0.126 e. The van der Waals surface area contributed by atoms with Crippen LogP contribution in [-0.2, 0) is 0 Å². The standard InChI is InChI=1S/C12H18BrN3/c1-10-8-12(15-9-11(10)13)14-4-7-16-5-2-3-6-16/h8-9H,2-7H2,1H3,(H,14,15). The Bertz CT molecular complexity index is 348. The van der Waals surface area contributed by atoms with Crippen LogP contribution in [0.15, 0.2) is 16.7 Å². The zero-order chi connectivity index (χ0) is 11.4. The Morgan fingerprint density at radius 2 is 2.19 bits per heavy atom. The fourth-order valence-corrected chi connectivity index (χ4v) is 2.20. The summed E-state index contributed by atoms with van der Waals surface area (Å²) >= 11 is 3.45. The van der Waals surface area contributed by atoms with Crippen molar-refractivity contribution in [2.75, 3.05) is 31.5 Å². The molecule has 0 amide bonds. The Hall–Kier alpha value is -0.610. The number of likely N-dealkylation sites (tertiary alicyclic amines) is 1. The molecule has 1 N–H and O–H groups in total. The number of nitrogens with zero attached hydrogens (tertiary/aromatic N) is 2. The van der Waals surface area contributed by atoms with Crippen LogP contribution in [-0.4, -0.2) is 36.1 Å². The molecule has 0 saturated carbocycles. The predicted octanol–water partition coefficient (Wildman–Crippen LogP) is 2.66. The molecular weight excluding hydrogens is 266 g/mol. The second-order valence-electron chi connectivity index (χ2n) is 4.29. The number of hydrogen-bond acceptors (Lipinski definition) is 3. The van der Waals surface area contributed by atoms with Gasteiger partial charge in [-0.2, -0.15) is 0 Å². The van der Waals surface area contributed by atoms with Crippen LogP contribution in [0.3, 0.4) is 0 Å². The number of aryl methyl sites for hydroxylation is 1. The number of halogens is 1. The lowest BCUT2D eigenvalue weighted by Crippen LogP contribution is -2.26. The highest BCUT2D eigenvalue weighted by atomic mass is 79.9. The number of aromatic nitrogens is 1. The van der Waals surface area contributed by atoms with Crippen molar-refractivity contribution in [1.29, 1.82) is 0 Å². The average molecular weight is 284 g/mol. The molecule has 1 saturated heterocycles. The van der Waals surface area contributed by atoms with Gasteiger partial charge in [0.25, 0.3) is 0 Å². The Balaban J connectivity index is 1.78. The zero-order valence-electron chi connectivity index (χ0n) is 9.67. The van der Waals surface area contributed by atoms with Crippen LogP contribution in [0.4, 0.5) is 5.82 Å². The van der Waals surface area contributed by atoms with Gasteiger partial charge < -0.3 is 10.2 Å². The number of anilines is 1. The maximum absolute atomic E-state index is 4.33. The normalized spacial score (nSPS) is 16.6. The van der Waals surface area contributed by atoms with Gasteiger partial charge in [0.05, 0.1) is 0 Å². The lowest BCUT2D eigenvalue weighted by molar-refractivity contribution is 0.352. The number of nitrogens with one attached hydrogen (secondary N) is 1. The van der Waals surface area contributed by atoms with Crippen molar-refractivity contribution in [3.63, 3.8) is 0 Å². The molecule has 3 nitrogen and oxygen atoms in total. The second-order valence-corrected chi connectivity index (χ2v) is 5.15. The van der Waals surface area contributed by atoms with Crippen molar-refractivity contribution < 1.29 is 0 Å². The summed E-state index contributed by atoms with van der Waals surface area (Å²) in [5.41, 5.74) is 1.22. The number of pyridine rings is 1. The van der Waals surface area contributed by atoms with Crippen molar-refractivity contribution in [3.05, 3.63) is 22.3 Å². The van der Waals surface area contributed by atoms with E-state index in [0.717, 1.165) is 23.4 Å². The van der Waals surface area contributed by atoms with E-state index in [1.807, 2.05) is 6.20 Å². The molecule has 1 aliphatic heterocycles. The van der Waals surface area contributed by atoms with Gasteiger partial charge in [0.1, 0.15) is 5.82 Å². The van der Waals surface area contributed by atoms with E-state index in [1.54, 1.807) is 0 Å². The smallest absolute Gasteiger partial charge is 0.126 e. The summed E-state index contributed by atoms with van der Waals surface area (Å²) in [5.74, 6) is 0.972. The van der Waals surface area contributed by atoms with Gasteiger partial charge in [-0.15, -0.1) is 0 Å². The quantitative estimate of drug-likeness (QED) is 0.921. The molecule has 1 aliphatic rings. The third-order valence-corrected chi connectivity index (χ3v) is 3.81. The molecule has 16 heavy (non-hydrogen) atoms. The summed E-state index contributed by atoms with van der Waals surface area (Å²) in [6.07, 6.45) is 4.57. The van der Waals surface area contributed by atoms with Gasteiger partial charge in [0.15, 0.2) is 0 Å². The molecule has 88 valence electrons. The highest BCUT2D eigenvalue weighted by Gasteiger charge is 2.10. The molecule has 4 heteroatoms. The van der Waals surface area contributed by atoms with Gasteiger partial charge >= 0.3 is 0 Å². The first-order valence-corrected chi connectivity index (χ1v) is 6.63. The minimum absolute atomic E-state index is 0.972. The van der Waals surface area contributed by atoms with E-state index < -0.39 is 0 Å². The van der Waals surface area contributed by atoms with E-state index in [2.05, 4.69) is 44.1 Å². The van der Waals surface area contributed by atoms with Gasteiger partial charge in [0, 0.05) is 23.8 Å². The highest BCUT2D eigenvalue weighted by Crippen LogP contribution is 2.17. The summed E-state index contributed by atoms with van der Waals surface area (Å²) in [6.45, 7) is 6.70. The van der Waals surface area contributed by atoms with E-state index in [4.69, 9.17) is 0 Å². The molecule has 0 radical (unpaired) electrons. The molecule has 0 atom stereocenters. The fourth-order valence-electron chi connectivity index (χ4n) is 1.98. The number of rotatable bonds is 4. The van der Waals surface area contributed by atoms with E-state index in [0.29, 0.717) is 0 Å². The zero-order valence-corrected chi connectivity index (χ0v) is 11.3. The molecule has 0 aliphatic carbocycles. The van der Waals surface area contributed by atoms with E-state index in [1.165, 1.54) is 31.5 Å². The van der Waals surface area contributed by atoms with Crippen molar-refractivity contribution in [3.8, 4) is 0 Å². The molecule has 2 rings (SSSR count). The highest BCUT2D eigenvalue weighted by molar-refractivity contribution is 9.10. The first kappa shape index (κ1) is 11.9. The van der Waals surface area contributed by atoms with Crippen LogP contribution in [0, 0.1) is 6.92 Å². The lowest BCUT2D eigenvalue weighted by Gasteiger charge is -2.15. The molecule has 2 heterocycles. The lowest BCUT2D eigenvalue weighted by atomic mass is 10.3. The molecular formula is C12H18BrN3. The van der Waals surface area contributed by atoms with Crippen molar-refractivity contribution in [1.82, 2.24) is 9.88 Å². The van der Waals surface area contributed by atoms with Crippen LogP contribution in [0.2, 0.25) is 0 Å². The first-order chi connectivity index (χ1) is 7.75. The molecule has 1 aromatic heterocycles. The number of hydrogen-bond donors (Lipinski definition) is 1. The third-order valence-electron chi connectivity index (χ3n) is 2.98. The Morgan fingerprint density at radius 1 is 1.44 bits per heavy atom. The Morgan fingerprint density at radius 3 is 2.88 bits per heavy atom. The topological polar surface area (TPSA) is 28.2 Å². The predicted molar refractivity (Wildman–Crippen MR) is 70.8 cm³/mol. The van der Waals surface area contributed by atoms with Gasteiger partial charge in [-0.25, -0.2) is 4.98 Å². The van der Waals surface area contributed by atoms with Gasteiger partial charge in [-0.3, -0.25) is 0 Å². The third kappa shape index (κ3) is 3.19. The molecule has 0 unspecified atom stereocenters. The van der Waals surface area contributed by atoms with Crippen LogP contribution >= 0.6 is 15.9 Å². The SMILES string of the molecule is Cc1cc(NCCN2CCCC2)ncc1Br. The molecule has 0 bridgehead atoms. The van der Waals surface area contributed by atoms with Gasteiger partial charge in [-0.05, 0) is 60.4 Å². The van der Waals surface area contributed by atoms with Gasteiger partial charge in [-0.1, -0.05) is 0 Å². The Kier molecular flexibility index (Phi) is 4.18. The monoisotopic (exact) mass is 283 g/mol. The summed E-state index contributed by atoms with van der Waals surface area (Å²) in [7, 11) is 0. The summed E-state index contributed by atoms with van der Waals surface area (Å²) in [6, 6.07) is 2.08. The van der Waals surface area contributed by atoms with Crippen LogP contribution in [0.25, 0.3) is 0 Å². The molecule has 0 spiro atoms. The second kappa shape index (κ2) is 5.64. The molecule has 1 fully saturated rings. The van der Waals surface area contributed by atoms with E-state index >= 15 is 0 Å². The Labute approximate surface area is 105 Å². The summed E-state index contributed by atoms with van der Waals surface area (Å²) < 4.78 is 1.07. The molecule has 1 aromatic rings. The van der Waals surface area contributed by atoms with E-state index in [-0.39, 0.29) is 0 Å². The first-order valence-electron chi connectivity index (χ1n) is 5.84. The van der Waals surface area contributed by atoms with Gasteiger partial charge in [0.2, 0.25) is 0 Å². The minimum Gasteiger partial charge on any atom is -0.369 e. The average Bonchev–Trinajstić information content (AvgIpc) is 2.76. The minimum atomic E-state index is 0.972. The maximum atomic E-state index is 4.33. The largest absolute Gasteiger partial charge is 0.369 e. The van der Waals surface area contributed by atoms with Crippen molar-refractivity contribution in [2.45, 2.75) is 19.8 Å². The van der Waals surface area contributed by atoms with Crippen molar-refractivity contribution >= 4 is 21.7 Å². The fraction of sp³-hybridized carbons (Fsp3) is 0.583. The van der Waals surface area contributed by atoms with Crippen LogP contribution in [0.5, 0.6) is 0 Å². The van der Waals surface area contributed by atoms with Crippen LogP contribution < -0.4 is 5.32 Å². The van der Waals surface area contributed by atoms with E-state index in [9.17, 15) is 0 Å². The van der Waals surface area contributed by atoms with Crippen molar-refractivity contribution in [2.24, 2.45) is 0 Å². The van der Waals surface area contributed by atoms with Crippen LogP contribution in [0.1, 0.15) is 18.4 Å². The summed E-state index contributed by atoms with van der Waals surface area (Å²) in [5, 5.41) is 3.37. The summed E-state index contributed by atoms with van der Waals surface area (Å²) in [4.78, 5) is 6.83. The molecule has 0 aromatic carbocycles.